The van der Waals surface area contributed by atoms with E-state index in [-0.39, 0.29) is 19.1 Å². The Hall–Kier alpha value is -0.160. The zero-order chi connectivity index (χ0) is 9.53. The molecule has 0 aromatic rings. The van der Waals surface area contributed by atoms with Crippen molar-refractivity contribution in [2.45, 2.75) is 30.5 Å². The smallest absolute Gasteiger partial charge is 0.122 e. The minimum absolute atomic E-state index is 0.00493. The second-order valence-corrected chi connectivity index (χ2v) is 4.10. The zero-order valence-corrected chi connectivity index (χ0v) is 7.57. The molecule has 4 heteroatoms. The molecule has 0 aromatic heterocycles. The first-order chi connectivity index (χ1) is 6.18. The highest BCUT2D eigenvalue weighted by Gasteiger charge is 2.64. The summed E-state index contributed by atoms with van der Waals surface area (Å²) in [6, 6.07) is 0. The van der Waals surface area contributed by atoms with Crippen molar-refractivity contribution >= 4 is 0 Å². The van der Waals surface area contributed by atoms with E-state index >= 15 is 0 Å². The molecule has 0 aromatic carbocycles. The maximum Gasteiger partial charge on any atom is 0.122 e. The molecule has 13 heavy (non-hydrogen) atoms. The molecule has 1 saturated heterocycles. The molecule has 1 saturated carbocycles. The van der Waals surface area contributed by atoms with Crippen LogP contribution in [0.1, 0.15) is 19.3 Å². The molecule has 0 unspecified atom stereocenters. The average Bonchev–Trinajstić information content (AvgIpc) is 2.57. The molecular formula is C9H16O4. The topological polar surface area (TPSA) is 69.9 Å². The molecule has 76 valence electrons. The van der Waals surface area contributed by atoms with E-state index in [9.17, 15) is 10.2 Å². The minimum atomic E-state index is -1.12. The first-order valence-electron chi connectivity index (χ1n) is 4.76. The first kappa shape index (κ1) is 9.40. The van der Waals surface area contributed by atoms with Gasteiger partial charge in [0.25, 0.3) is 0 Å². The third kappa shape index (κ3) is 1.00. The van der Waals surface area contributed by atoms with Gasteiger partial charge in [0.1, 0.15) is 11.2 Å². The van der Waals surface area contributed by atoms with Crippen LogP contribution in [0, 0.1) is 5.92 Å². The van der Waals surface area contributed by atoms with E-state index in [2.05, 4.69) is 0 Å². The summed E-state index contributed by atoms with van der Waals surface area (Å²) in [7, 11) is 0. The Morgan fingerprint density at radius 3 is 2.62 bits per heavy atom. The van der Waals surface area contributed by atoms with Crippen LogP contribution in [0.4, 0.5) is 0 Å². The van der Waals surface area contributed by atoms with Gasteiger partial charge < -0.3 is 20.1 Å². The van der Waals surface area contributed by atoms with Crippen LogP contribution >= 0.6 is 0 Å². The fourth-order valence-corrected chi connectivity index (χ4v) is 2.78. The lowest BCUT2D eigenvalue weighted by Crippen LogP contribution is -2.52. The summed E-state index contributed by atoms with van der Waals surface area (Å²) in [4.78, 5) is 0. The van der Waals surface area contributed by atoms with E-state index in [0.717, 1.165) is 12.8 Å². The maximum atomic E-state index is 10.2. The fourth-order valence-electron chi connectivity index (χ4n) is 2.78. The number of aliphatic hydroxyl groups is 3. The van der Waals surface area contributed by atoms with Crippen molar-refractivity contribution in [3.63, 3.8) is 0 Å². The lowest BCUT2D eigenvalue weighted by atomic mass is 9.82. The number of fused-ring (bicyclic) bond motifs is 2. The normalized spacial score (nSPS) is 48.7. The Labute approximate surface area is 77.1 Å². The second kappa shape index (κ2) is 2.92. The highest BCUT2D eigenvalue weighted by molar-refractivity contribution is 5.14. The largest absolute Gasteiger partial charge is 0.396 e. The van der Waals surface area contributed by atoms with Gasteiger partial charge in [-0.3, -0.25) is 0 Å². The van der Waals surface area contributed by atoms with E-state index in [1.165, 1.54) is 0 Å². The van der Waals surface area contributed by atoms with E-state index in [1.54, 1.807) is 0 Å². The predicted molar refractivity (Wildman–Crippen MR) is 45.1 cm³/mol. The summed E-state index contributed by atoms with van der Waals surface area (Å²) in [6.07, 6.45) is 2.05. The van der Waals surface area contributed by atoms with E-state index in [0.29, 0.717) is 13.0 Å². The summed E-state index contributed by atoms with van der Waals surface area (Å²) in [5.74, 6) is 0.0454. The molecule has 2 aliphatic rings. The van der Waals surface area contributed by atoms with Gasteiger partial charge >= 0.3 is 0 Å². The molecule has 0 radical (unpaired) electrons. The van der Waals surface area contributed by atoms with Crippen LogP contribution in [0.25, 0.3) is 0 Å². The summed E-state index contributed by atoms with van der Waals surface area (Å²) in [5, 5.41) is 28.3. The SMILES string of the molecule is OCC[C@@]12CC[C@@H](CO1)[C@@]2(O)CO. The minimum Gasteiger partial charge on any atom is -0.396 e. The molecule has 1 aliphatic carbocycles. The van der Waals surface area contributed by atoms with Crippen LogP contribution in [-0.2, 0) is 4.74 Å². The van der Waals surface area contributed by atoms with Gasteiger partial charge in [-0.25, -0.2) is 0 Å². The van der Waals surface area contributed by atoms with Crippen molar-refractivity contribution in [2.75, 3.05) is 19.8 Å². The molecule has 2 fully saturated rings. The third-order valence-corrected chi connectivity index (χ3v) is 3.68. The molecular weight excluding hydrogens is 172 g/mol. The molecule has 2 rings (SSSR count). The quantitative estimate of drug-likeness (QED) is 0.546. The molecule has 4 nitrogen and oxygen atoms in total. The van der Waals surface area contributed by atoms with Gasteiger partial charge in [-0.15, -0.1) is 0 Å². The Morgan fingerprint density at radius 1 is 1.38 bits per heavy atom. The van der Waals surface area contributed by atoms with Crippen molar-refractivity contribution in [1.82, 2.24) is 0 Å². The Balaban J connectivity index is 2.26. The van der Waals surface area contributed by atoms with Crippen LogP contribution in [0.2, 0.25) is 0 Å². The lowest BCUT2D eigenvalue weighted by molar-refractivity contribution is -0.140. The number of ether oxygens (including phenoxy) is 1. The number of rotatable bonds is 3. The molecule has 3 N–H and O–H groups in total. The standard InChI is InChI=1S/C9H16O4/c10-4-3-8-2-1-7(5-13-8)9(8,12)6-11/h7,10-12H,1-6H2/t7-,8+,9-/m0/s1. The Bertz CT molecular complexity index is 198. The maximum absolute atomic E-state index is 10.2. The average molecular weight is 188 g/mol. The molecule has 1 heterocycles. The van der Waals surface area contributed by atoms with Gasteiger partial charge in [0, 0.05) is 18.9 Å². The zero-order valence-electron chi connectivity index (χ0n) is 7.57. The van der Waals surface area contributed by atoms with Gasteiger partial charge in [-0.05, 0) is 12.8 Å². The Morgan fingerprint density at radius 2 is 2.15 bits per heavy atom. The monoisotopic (exact) mass is 188 g/mol. The molecule has 3 atom stereocenters. The van der Waals surface area contributed by atoms with Crippen molar-refractivity contribution in [3.05, 3.63) is 0 Å². The highest BCUT2D eigenvalue weighted by atomic mass is 16.5. The fraction of sp³-hybridized carbons (Fsp3) is 1.00. The summed E-state index contributed by atoms with van der Waals surface area (Å²) in [6.45, 7) is 0.240. The van der Waals surface area contributed by atoms with E-state index in [1.807, 2.05) is 0 Å². The number of hydrogen-bond donors (Lipinski definition) is 3. The van der Waals surface area contributed by atoms with Crippen molar-refractivity contribution in [3.8, 4) is 0 Å². The molecule has 1 aliphatic heterocycles. The predicted octanol–water partition coefficient (Wildman–Crippen LogP) is -0.729. The van der Waals surface area contributed by atoms with Crippen molar-refractivity contribution < 1.29 is 20.1 Å². The third-order valence-electron chi connectivity index (χ3n) is 3.68. The number of aliphatic hydroxyl groups excluding tert-OH is 2. The molecule has 2 bridgehead atoms. The Kier molecular flexibility index (Phi) is 2.11. The van der Waals surface area contributed by atoms with Gasteiger partial charge in [-0.1, -0.05) is 0 Å². The summed E-state index contributed by atoms with van der Waals surface area (Å²) >= 11 is 0. The summed E-state index contributed by atoms with van der Waals surface area (Å²) < 4.78 is 5.52. The van der Waals surface area contributed by atoms with E-state index < -0.39 is 11.2 Å². The van der Waals surface area contributed by atoms with Crippen molar-refractivity contribution in [2.24, 2.45) is 5.92 Å². The molecule has 0 amide bonds. The summed E-state index contributed by atoms with van der Waals surface area (Å²) in [5.41, 5.74) is -1.79. The van der Waals surface area contributed by atoms with Gasteiger partial charge in [0.2, 0.25) is 0 Å². The van der Waals surface area contributed by atoms with E-state index in [4.69, 9.17) is 9.84 Å². The van der Waals surface area contributed by atoms with Gasteiger partial charge in [0.05, 0.1) is 13.2 Å². The second-order valence-electron chi connectivity index (χ2n) is 4.10. The highest BCUT2D eigenvalue weighted by Crippen LogP contribution is 2.53. The van der Waals surface area contributed by atoms with Crippen LogP contribution in [0.3, 0.4) is 0 Å². The lowest BCUT2D eigenvalue weighted by Gasteiger charge is -2.36. The van der Waals surface area contributed by atoms with Crippen LogP contribution in [-0.4, -0.2) is 46.3 Å². The van der Waals surface area contributed by atoms with Gasteiger partial charge in [0.15, 0.2) is 0 Å². The van der Waals surface area contributed by atoms with Crippen LogP contribution < -0.4 is 0 Å². The van der Waals surface area contributed by atoms with Crippen LogP contribution in [0.5, 0.6) is 0 Å². The van der Waals surface area contributed by atoms with Gasteiger partial charge in [-0.2, -0.15) is 0 Å². The van der Waals surface area contributed by atoms with Crippen LogP contribution in [0.15, 0.2) is 0 Å². The number of hydrogen-bond acceptors (Lipinski definition) is 4. The van der Waals surface area contributed by atoms with Crippen molar-refractivity contribution in [1.29, 1.82) is 0 Å². The molecule has 0 spiro atoms. The first-order valence-corrected chi connectivity index (χ1v) is 4.76.